The van der Waals surface area contributed by atoms with Crippen molar-refractivity contribution in [2.24, 2.45) is 0 Å². The van der Waals surface area contributed by atoms with Crippen molar-refractivity contribution in [1.29, 1.82) is 0 Å². The van der Waals surface area contributed by atoms with Crippen molar-refractivity contribution in [1.82, 2.24) is 4.90 Å². The van der Waals surface area contributed by atoms with Gasteiger partial charge in [-0.2, -0.15) is 0 Å². The number of halogens is 1. The molecule has 0 aliphatic carbocycles. The molecule has 1 aromatic carbocycles. The van der Waals surface area contributed by atoms with Crippen molar-refractivity contribution in [3.05, 3.63) is 46.1 Å². The minimum absolute atomic E-state index is 0.0387. The Labute approximate surface area is 109 Å². The molecule has 0 saturated heterocycles. The molecule has 0 aliphatic rings. The van der Waals surface area contributed by atoms with Gasteiger partial charge >= 0.3 is 0 Å². The Morgan fingerprint density at radius 2 is 2.19 bits per heavy atom. The molecule has 0 fully saturated rings. The first-order valence-corrected chi connectivity index (χ1v) is 6.04. The molecule has 0 spiro atoms. The quantitative estimate of drug-likeness (QED) is 0.661. The second-order valence-electron chi connectivity index (χ2n) is 3.24. The Morgan fingerprint density at radius 3 is 2.75 bits per heavy atom. The van der Waals surface area contributed by atoms with Gasteiger partial charge in [-0.3, -0.25) is 4.79 Å². The molecule has 0 aliphatic heterocycles. The van der Waals surface area contributed by atoms with Crippen LogP contribution in [0.2, 0.25) is 0 Å². The first kappa shape index (κ1) is 13.2. The fraction of sp³-hybridized carbons (Fsp3) is 0.250. The summed E-state index contributed by atoms with van der Waals surface area (Å²) >= 11 is 2.13. The Morgan fingerprint density at radius 1 is 1.50 bits per heavy atom. The number of amides is 1. The van der Waals surface area contributed by atoms with Crippen molar-refractivity contribution < 1.29 is 9.90 Å². The molecule has 0 radical (unpaired) electrons. The third-order valence-corrected chi connectivity index (χ3v) is 3.05. The fourth-order valence-corrected chi connectivity index (χ4v) is 1.98. The minimum atomic E-state index is -0.0704. The van der Waals surface area contributed by atoms with E-state index in [2.05, 4.69) is 29.2 Å². The number of nitrogens with zero attached hydrogens (tertiary/aromatic N) is 1. The summed E-state index contributed by atoms with van der Waals surface area (Å²) in [7, 11) is 0. The van der Waals surface area contributed by atoms with Gasteiger partial charge in [0.15, 0.2) is 0 Å². The summed E-state index contributed by atoms with van der Waals surface area (Å²) in [5, 5.41) is 8.90. The van der Waals surface area contributed by atoms with Crippen LogP contribution < -0.4 is 0 Å². The number of carbonyl (C=O) groups is 1. The van der Waals surface area contributed by atoms with E-state index >= 15 is 0 Å². The summed E-state index contributed by atoms with van der Waals surface area (Å²) in [5.74, 6) is -0.0704. The van der Waals surface area contributed by atoms with E-state index in [4.69, 9.17) is 5.11 Å². The van der Waals surface area contributed by atoms with Crippen molar-refractivity contribution in [2.75, 3.05) is 19.7 Å². The van der Waals surface area contributed by atoms with Crippen LogP contribution >= 0.6 is 22.6 Å². The van der Waals surface area contributed by atoms with Gasteiger partial charge in [0.1, 0.15) is 0 Å². The molecular weight excluding hydrogens is 317 g/mol. The Bertz CT molecular complexity index is 379. The van der Waals surface area contributed by atoms with E-state index in [-0.39, 0.29) is 12.5 Å². The highest BCUT2D eigenvalue weighted by atomic mass is 127. The van der Waals surface area contributed by atoms with E-state index in [0.717, 1.165) is 3.57 Å². The van der Waals surface area contributed by atoms with Crippen LogP contribution in [0, 0.1) is 3.57 Å². The van der Waals surface area contributed by atoms with Gasteiger partial charge in [0.25, 0.3) is 5.91 Å². The monoisotopic (exact) mass is 331 g/mol. The highest BCUT2D eigenvalue weighted by Gasteiger charge is 2.15. The number of aliphatic hydroxyl groups is 1. The average Bonchev–Trinajstić information content (AvgIpc) is 2.28. The molecule has 1 N–H and O–H groups in total. The van der Waals surface area contributed by atoms with Crippen LogP contribution in [0.15, 0.2) is 36.9 Å². The lowest BCUT2D eigenvalue weighted by atomic mass is 10.2. The Kier molecular flexibility index (Phi) is 5.48. The summed E-state index contributed by atoms with van der Waals surface area (Å²) in [6, 6.07) is 7.40. The Balaban J connectivity index is 2.89. The van der Waals surface area contributed by atoms with Crippen LogP contribution in [0.1, 0.15) is 10.4 Å². The van der Waals surface area contributed by atoms with E-state index in [0.29, 0.717) is 18.7 Å². The number of hydrogen-bond donors (Lipinski definition) is 1. The van der Waals surface area contributed by atoms with Crippen LogP contribution in [0.25, 0.3) is 0 Å². The van der Waals surface area contributed by atoms with Crippen LogP contribution in [0.3, 0.4) is 0 Å². The third kappa shape index (κ3) is 3.31. The molecule has 1 amide bonds. The van der Waals surface area contributed by atoms with Gasteiger partial charge < -0.3 is 10.0 Å². The highest BCUT2D eigenvalue weighted by molar-refractivity contribution is 14.1. The van der Waals surface area contributed by atoms with Gasteiger partial charge in [0.05, 0.1) is 12.2 Å². The van der Waals surface area contributed by atoms with Crippen LogP contribution in [-0.4, -0.2) is 35.6 Å². The number of carbonyl (C=O) groups excluding carboxylic acids is 1. The van der Waals surface area contributed by atoms with Crippen molar-refractivity contribution in [2.45, 2.75) is 0 Å². The lowest BCUT2D eigenvalue weighted by Gasteiger charge is -2.20. The van der Waals surface area contributed by atoms with E-state index < -0.39 is 0 Å². The van der Waals surface area contributed by atoms with E-state index in [1.807, 2.05) is 18.2 Å². The van der Waals surface area contributed by atoms with Crippen LogP contribution in [0.5, 0.6) is 0 Å². The predicted molar refractivity (Wildman–Crippen MR) is 72.3 cm³/mol. The topological polar surface area (TPSA) is 40.5 Å². The first-order chi connectivity index (χ1) is 7.70. The summed E-state index contributed by atoms with van der Waals surface area (Å²) < 4.78 is 0.914. The maximum atomic E-state index is 12.1. The maximum Gasteiger partial charge on any atom is 0.255 e. The predicted octanol–water partition coefficient (Wildman–Crippen LogP) is 1.91. The highest BCUT2D eigenvalue weighted by Crippen LogP contribution is 2.13. The van der Waals surface area contributed by atoms with Gasteiger partial charge in [-0.05, 0) is 34.7 Å². The summed E-state index contributed by atoms with van der Waals surface area (Å²) in [5.41, 5.74) is 0.665. The van der Waals surface area contributed by atoms with Crippen molar-refractivity contribution in [3.63, 3.8) is 0 Å². The second kappa shape index (κ2) is 6.65. The van der Waals surface area contributed by atoms with Crippen LogP contribution in [0.4, 0.5) is 0 Å². The zero-order valence-electron chi connectivity index (χ0n) is 8.90. The number of rotatable bonds is 5. The standard InChI is InChI=1S/C12H14INO2/c1-2-7-14(8-9-15)12(16)10-5-3-4-6-11(10)13/h2-6,15H,1,7-9H2. The van der Waals surface area contributed by atoms with Gasteiger partial charge in [0.2, 0.25) is 0 Å². The zero-order valence-corrected chi connectivity index (χ0v) is 11.1. The summed E-state index contributed by atoms with van der Waals surface area (Å²) in [4.78, 5) is 13.7. The Hall–Kier alpha value is -0.880. The number of hydrogen-bond acceptors (Lipinski definition) is 2. The lowest BCUT2D eigenvalue weighted by Crippen LogP contribution is -2.34. The molecule has 16 heavy (non-hydrogen) atoms. The number of benzene rings is 1. The average molecular weight is 331 g/mol. The summed E-state index contributed by atoms with van der Waals surface area (Å²) in [6.07, 6.45) is 1.66. The molecule has 4 heteroatoms. The second-order valence-corrected chi connectivity index (χ2v) is 4.41. The molecule has 1 aromatic rings. The molecule has 86 valence electrons. The van der Waals surface area contributed by atoms with Crippen LogP contribution in [-0.2, 0) is 0 Å². The van der Waals surface area contributed by atoms with Gasteiger partial charge in [-0.15, -0.1) is 6.58 Å². The molecule has 0 aromatic heterocycles. The largest absolute Gasteiger partial charge is 0.395 e. The van der Waals surface area contributed by atoms with E-state index in [1.165, 1.54) is 0 Å². The summed E-state index contributed by atoms with van der Waals surface area (Å²) in [6.45, 7) is 4.34. The number of aliphatic hydroxyl groups excluding tert-OH is 1. The molecule has 3 nitrogen and oxygen atoms in total. The molecular formula is C12H14INO2. The fourth-order valence-electron chi connectivity index (χ4n) is 1.36. The third-order valence-electron chi connectivity index (χ3n) is 2.11. The molecule has 0 bridgehead atoms. The molecule has 0 saturated carbocycles. The normalized spacial score (nSPS) is 9.88. The van der Waals surface area contributed by atoms with Gasteiger partial charge in [-0.1, -0.05) is 18.2 Å². The van der Waals surface area contributed by atoms with E-state index in [1.54, 1.807) is 17.0 Å². The van der Waals surface area contributed by atoms with Crippen molar-refractivity contribution in [3.8, 4) is 0 Å². The maximum absolute atomic E-state index is 12.1. The SMILES string of the molecule is C=CCN(CCO)C(=O)c1ccccc1I. The van der Waals surface area contributed by atoms with Crippen molar-refractivity contribution >= 4 is 28.5 Å². The van der Waals surface area contributed by atoms with Gasteiger partial charge in [-0.25, -0.2) is 0 Å². The zero-order chi connectivity index (χ0) is 12.0. The smallest absolute Gasteiger partial charge is 0.255 e. The minimum Gasteiger partial charge on any atom is -0.395 e. The first-order valence-electron chi connectivity index (χ1n) is 4.96. The lowest BCUT2D eigenvalue weighted by molar-refractivity contribution is 0.0742. The van der Waals surface area contributed by atoms with Gasteiger partial charge in [0, 0.05) is 16.7 Å². The molecule has 0 unspecified atom stereocenters. The van der Waals surface area contributed by atoms with E-state index in [9.17, 15) is 4.79 Å². The molecule has 1 rings (SSSR count). The molecule has 0 heterocycles. The molecule has 0 atom stereocenters.